The Morgan fingerprint density at radius 2 is 2.08 bits per heavy atom. The topological polar surface area (TPSA) is 81.3 Å². The van der Waals surface area contributed by atoms with Crippen LogP contribution < -0.4 is 0 Å². The summed E-state index contributed by atoms with van der Waals surface area (Å²) in [6.45, 7) is 1.33. The molecule has 0 bridgehead atoms. The van der Waals surface area contributed by atoms with Gasteiger partial charge in [0.05, 0.1) is 18.8 Å². The van der Waals surface area contributed by atoms with Gasteiger partial charge in [-0.05, 0) is 25.0 Å². The summed E-state index contributed by atoms with van der Waals surface area (Å²) in [5.41, 5.74) is 0.856. The van der Waals surface area contributed by atoms with E-state index >= 15 is 0 Å². The Morgan fingerprint density at radius 1 is 1.24 bits per heavy atom. The molecule has 1 amide bonds. The highest BCUT2D eigenvalue weighted by atomic mass is 16.5. The third-order valence-corrected chi connectivity index (χ3v) is 5.01. The summed E-state index contributed by atoms with van der Waals surface area (Å²) < 4.78 is 11.1. The molecule has 1 aliphatic heterocycles. The summed E-state index contributed by atoms with van der Waals surface area (Å²) >= 11 is 0. The van der Waals surface area contributed by atoms with Crippen molar-refractivity contribution in [3.63, 3.8) is 0 Å². The number of amides is 1. The number of fused-ring (bicyclic) bond motifs is 1. The first-order chi connectivity index (χ1) is 12.3. The molecule has 0 aromatic carbocycles. The van der Waals surface area contributed by atoms with E-state index in [0.717, 1.165) is 18.4 Å². The maximum atomic E-state index is 12.7. The summed E-state index contributed by atoms with van der Waals surface area (Å²) in [5, 5.41) is 3.98. The van der Waals surface area contributed by atoms with Gasteiger partial charge in [-0.3, -0.25) is 9.78 Å². The summed E-state index contributed by atoms with van der Waals surface area (Å²) in [6.07, 6.45) is 8.93. The first kappa shape index (κ1) is 16.2. The minimum atomic E-state index is 0.156. The second-order valence-electron chi connectivity index (χ2n) is 6.60. The largest absolute Gasteiger partial charge is 0.374 e. The quantitative estimate of drug-likeness (QED) is 0.847. The molecule has 132 valence electrons. The van der Waals surface area contributed by atoms with Crippen molar-refractivity contribution in [2.75, 3.05) is 13.2 Å². The number of morpholine rings is 1. The first-order valence-corrected chi connectivity index (χ1v) is 8.95. The fourth-order valence-corrected chi connectivity index (χ4v) is 3.74. The van der Waals surface area contributed by atoms with Crippen molar-refractivity contribution in [2.24, 2.45) is 0 Å². The van der Waals surface area contributed by atoms with E-state index < -0.39 is 0 Å². The van der Waals surface area contributed by atoms with Crippen LogP contribution in [0.1, 0.15) is 38.0 Å². The third-order valence-electron chi connectivity index (χ3n) is 5.01. The Kier molecular flexibility index (Phi) is 4.74. The molecule has 7 heteroatoms. The summed E-state index contributed by atoms with van der Waals surface area (Å²) in [6, 6.07) is 3.90. The van der Waals surface area contributed by atoms with Crippen molar-refractivity contribution >= 4 is 5.91 Å². The van der Waals surface area contributed by atoms with Crippen LogP contribution in [0.2, 0.25) is 0 Å². The van der Waals surface area contributed by atoms with Gasteiger partial charge in [0.1, 0.15) is 0 Å². The van der Waals surface area contributed by atoms with Crippen molar-refractivity contribution in [1.29, 1.82) is 0 Å². The number of pyridine rings is 1. The number of carbonyl (C=O) groups excluding carboxylic acids is 1. The van der Waals surface area contributed by atoms with Crippen LogP contribution in [0.3, 0.4) is 0 Å². The van der Waals surface area contributed by atoms with Gasteiger partial charge in [-0.15, -0.1) is 0 Å². The molecular formula is C18H22N4O3. The van der Waals surface area contributed by atoms with Gasteiger partial charge in [-0.25, -0.2) is 0 Å². The molecule has 2 unspecified atom stereocenters. The van der Waals surface area contributed by atoms with E-state index in [0.29, 0.717) is 37.7 Å². The van der Waals surface area contributed by atoms with E-state index in [1.807, 2.05) is 17.0 Å². The van der Waals surface area contributed by atoms with Gasteiger partial charge in [-0.1, -0.05) is 18.0 Å². The number of hydrogen-bond acceptors (Lipinski definition) is 6. The normalized spacial score (nSPS) is 23.3. The molecule has 2 aromatic heterocycles. The van der Waals surface area contributed by atoms with E-state index in [-0.39, 0.29) is 18.1 Å². The molecule has 1 aliphatic carbocycles. The van der Waals surface area contributed by atoms with Crippen LogP contribution in [0.5, 0.6) is 0 Å². The number of nitrogens with zero attached hydrogens (tertiary/aromatic N) is 4. The van der Waals surface area contributed by atoms with Crippen LogP contribution in [-0.2, 0) is 16.0 Å². The predicted octanol–water partition coefficient (Wildman–Crippen LogP) is 2.23. The van der Waals surface area contributed by atoms with Crippen molar-refractivity contribution in [2.45, 2.75) is 50.7 Å². The van der Waals surface area contributed by atoms with E-state index in [2.05, 4.69) is 15.1 Å². The van der Waals surface area contributed by atoms with Crippen LogP contribution in [0.25, 0.3) is 11.4 Å². The van der Waals surface area contributed by atoms with E-state index in [4.69, 9.17) is 9.26 Å². The van der Waals surface area contributed by atoms with Crippen LogP contribution in [0.4, 0.5) is 0 Å². The van der Waals surface area contributed by atoms with Crippen molar-refractivity contribution in [1.82, 2.24) is 20.0 Å². The van der Waals surface area contributed by atoms with Crippen molar-refractivity contribution in [3.05, 3.63) is 30.4 Å². The lowest BCUT2D eigenvalue weighted by Gasteiger charge is -2.43. The fourth-order valence-electron chi connectivity index (χ4n) is 3.74. The maximum absolute atomic E-state index is 12.7. The Morgan fingerprint density at radius 3 is 2.96 bits per heavy atom. The third kappa shape index (κ3) is 3.56. The van der Waals surface area contributed by atoms with E-state index in [1.54, 1.807) is 12.4 Å². The van der Waals surface area contributed by atoms with Gasteiger partial charge in [-0.2, -0.15) is 4.98 Å². The molecule has 0 radical (unpaired) electrons. The average molecular weight is 342 g/mol. The highest BCUT2D eigenvalue weighted by molar-refractivity contribution is 5.77. The van der Waals surface area contributed by atoms with Crippen molar-refractivity contribution in [3.8, 4) is 11.4 Å². The Balaban J connectivity index is 1.36. The molecule has 1 saturated heterocycles. The van der Waals surface area contributed by atoms with Crippen LogP contribution in [-0.4, -0.2) is 51.2 Å². The highest BCUT2D eigenvalue weighted by Crippen LogP contribution is 2.29. The number of aryl methyl sites for hydroxylation is 1. The number of carbonyl (C=O) groups is 1. The lowest BCUT2D eigenvalue weighted by atomic mass is 9.90. The smallest absolute Gasteiger partial charge is 0.227 e. The lowest BCUT2D eigenvalue weighted by Crippen LogP contribution is -2.54. The molecule has 2 aromatic rings. The van der Waals surface area contributed by atoms with Gasteiger partial charge >= 0.3 is 0 Å². The van der Waals surface area contributed by atoms with Gasteiger partial charge in [0.25, 0.3) is 0 Å². The second-order valence-corrected chi connectivity index (χ2v) is 6.60. The highest BCUT2D eigenvalue weighted by Gasteiger charge is 2.36. The molecular weight excluding hydrogens is 320 g/mol. The molecule has 1 saturated carbocycles. The number of rotatable bonds is 4. The SMILES string of the molecule is O=C(CCc1nc(-c2ccncc2)no1)N1CCOC2CCCCC21. The molecule has 0 spiro atoms. The van der Waals surface area contributed by atoms with Gasteiger partial charge in [0.2, 0.25) is 17.6 Å². The van der Waals surface area contributed by atoms with Crippen molar-refractivity contribution < 1.29 is 14.1 Å². The van der Waals surface area contributed by atoms with Gasteiger partial charge < -0.3 is 14.2 Å². The van der Waals surface area contributed by atoms with E-state index in [9.17, 15) is 4.79 Å². The molecule has 7 nitrogen and oxygen atoms in total. The minimum absolute atomic E-state index is 0.156. The molecule has 2 atom stereocenters. The summed E-state index contributed by atoms with van der Waals surface area (Å²) in [5.74, 6) is 1.18. The molecule has 4 rings (SSSR count). The Bertz CT molecular complexity index is 716. The standard InChI is InChI=1S/C18H22N4O3/c23-17(22-11-12-24-15-4-2-1-3-14(15)22)6-5-16-20-18(21-25-16)13-7-9-19-10-8-13/h7-10,14-15H,1-6,11-12H2. The molecule has 3 heterocycles. The zero-order valence-corrected chi connectivity index (χ0v) is 14.1. The minimum Gasteiger partial charge on any atom is -0.374 e. The maximum Gasteiger partial charge on any atom is 0.227 e. The summed E-state index contributed by atoms with van der Waals surface area (Å²) in [4.78, 5) is 23.0. The van der Waals surface area contributed by atoms with Gasteiger partial charge in [0.15, 0.2) is 0 Å². The lowest BCUT2D eigenvalue weighted by molar-refractivity contribution is -0.149. The monoisotopic (exact) mass is 342 g/mol. The Labute approximate surface area is 146 Å². The second kappa shape index (κ2) is 7.31. The fraction of sp³-hybridized carbons (Fsp3) is 0.556. The molecule has 25 heavy (non-hydrogen) atoms. The number of ether oxygens (including phenoxy) is 1. The molecule has 0 N–H and O–H groups in total. The van der Waals surface area contributed by atoms with Crippen LogP contribution in [0, 0.1) is 0 Å². The van der Waals surface area contributed by atoms with Crippen LogP contribution in [0.15, 0.2) is 29.0 Å². The van der Waals surface area contributed by atoms with Crippen LogP contribution >= 0.6 is 0 Å². The zero-order chi connectivity index (χ0) is 17.1. The zero-order valence-electron chi connectivity index (χ0n) is 14.1. The predicted molar refractivity (Wildman–Crippen MR) is 89.6 cm³/mol. The molecule has 2 fully saturated rings. The first-order valence-electron chi connectivity index (χ1n) is 8.95. The average Bonchev–Trinajstić information content (AvgIpc) is 3.15. The number of aromatic nitrogens is 3. The Hall–Kier alpha value is -2.28. The van der Waals surface area contributed by atoms with Gasteiger partial charge in [0, 0.05) is 37.3 Å². The number of hydrogen-bond donors (Lipinski definition) is 0. The summed E-state index contributed by atoms with van der Waals surface area (Å²) in [7, 11) is 0. The van der Waals surface area contributed by atoms with E-state index in [1.165, 1.54) is 12.8 Å². The molecule has 2 aliphatic rings.